The first kappa shape index (κ1) is 16.9. The van der Waals surface area contributed by atoms with Crippen LogP contribution in [0.4, 0.5) is 4.79 Å². The van der Waals surface area contributed by atoms with Crippen molar-refractivity contribution in [3.8, 4) is 28.3 Å². The van der Waals surface area contributed by atoms with Crippen molar-refractivity contribution in [3.63, 3.8) is 0 Å². The van der Waals surface area contributed by atoms with Gasteiger partial charge in [0.15, 0.2) is 0 Å². The van der Waals surface area contributed by atoms with Gasteiger partial charge in [0.05, 0.1) is 5.56 Å². The van der Waals surface area contributed by atoms with Crippen molar-refractivity contribution in [2.45, 2.75) is 38.1 Å². The number of benzene rings is 1. The van der Waals surface area contributed by atoms with E-state index >= 15 is 0 Å². The van der Waals surface area contributed by atoms with Crippen molar-refractivity contribution in [1.29, 1.82) is 0 Å². The molecular weight excluding hydrogens is 356 g/mol. The molecule has 1 aromatic carbocycles. The maximum absolute atomic E-state index is 12.2. The first-order chi connectivity index (χ1) is 13.7. The van der Waals surface area contributed by atoms with Crippen molar-refractivity contribution in [2.75, 3.05) is 0 Å². The standard InChI is InChI=1S/C21H20N4O3/c26-20(24-17-9-21(10-17)5-2-6-21)28-18-4-1-3-14(8-18)15-7-16(12-22-11-15)19-25-23-13-27-19/h1,3-4,7-8,11-13,17H,2,5-6,9-10H2,(H,24,26). The molecule has 0 unspecified atom stereocenters. The molecule has 2 saturated carbocycles. The lowest BCUT2D eigenvalue weighted by Crippen LogP contribution is -2.54. The van der Waals surface area contributed by atoms with Crippen LogP contribution in [0.15, 0.2) is 53.5 Å². The number of ether oxygens (including phenoxy) is 1. The average Bonchev–Trinajstić information content (AvgIpc) is 3.18. The number of aromatic nitrogens is 3. The fraction of sp³-hybridized carbons (Fsp3) is 0.333. The highest BCUT2D eigenvalue weighted by molar-refractivity contribution is 5.73. The molecule has 7 nitrogen and oxygen atoms in total. The molecule has 2 fully saturated rings. The maximum atomic E-state index is 12.2. The van der Waals surface area contributed by atoms with E-state index in [-0.39, 0.29) is 6.04 Å². The van der Waals surface area contributed by atoms with Gasteiger partial charge in [-0.1, -0.05) is 18.6 Å². The summed E-state index contributed by atoms with van der Waals surface area (Å²) >= 11 is 0. The molecule has 1 N–H and O–H groups in total. The molecular formula is C21H20N4O3. The summed E-state index contributed by atoms with van der Waals surface area (Å²) in [7, 11) is 0. The van der Waals surface area contributed by atoms with E-state index in [1.54, 1.807) is 18.5 Å². The molecule has 2 heterocycles. The smallest absolute Gasteiger partial charge is 0.412 e. The second-order valence-electron chi connectivity index (χ2n) is 7.73. The summed E-state index contributed by atoms with van der Waals surface area (Å²) in [5.74, 6) is 0.904. The number of pyridine rings is 1. The summed E-state index contributed by atoms with van der Waals surface area (Å²) < 4.78 is 10.7. The van der Waals surface area contributed by atoms with E-state index in [1.807, 2.05) is 24.3 Å². The van der Waals surface area contributed by atoms with Crippen LogP contribution in [0.5, 0.6) is 5.75 Å². The lowest BCUT2D eigenvalue weighted by Gasteiger charge is -2.54. The van der Waals surface area contributed by atoms with Gasteiger partial charge >= 0.3 is 6.09 Å². The summed E-state index contributed by atoms with van der Waals surface area (Å²) in [6.07, 6.45) is 10.4. The molecule has 3 aromatic rings. The largest absolute Gasteiger partial charge is 0.423 e. The van der Waals surface area contributed by atoms with E-state index < -0.39 is 6.09 Å². The highest BCUT2D eigenvalue weighted by Gasteiger charge is 2.48. The number of nitrogens with zero attached hydrogens (tertiary/aromatic N) is 3. The third-order valence-electron chi connectivity index (χ3n) is 5.82. The molecule has 0 saturated heterocycles. The van der Waals surface area contributed by atoms with Crippen LogP contribution in [0, 0.1) is 5.41 Å². The van der Waals surface area contributed by atoms with Gasteiger partial charge in [0.2, 0.25) is 12.3 Å². The lowest BCUT2D eigenvalue weighted by atomic mass is 9.54. The van der Waals surface area contributed by atoms with Gasteiger partial charge in [-0.25, -0.2) is 4.79 Å². The molecule has 1 spiro atoms. The topological polar surface area (TPSA) is 90.1 Å². The molecule has 142 valence electrons. The first-order valence-corrected chi connectivity index (χ1v) is 9.50. The van der Waals surface area contributed by atoms with Crippen molar-refractivity contribution < 1.29 is 13.9 Å². The predicted octanol–water partition coefficient (Wildman–Crippen LogP) is 4.22. The number of nitrogens with one attached hydrogen (secondary N) is 1. The van der Waals surface area contributed by atoms with E-state index in [0.29, 0.717) is 17.1 Å². The number of carbonyl (C=O) groups is 1. The minimum Gasteiger partial charge on any atom is -0.423 e. The maximum Gasteiger partial charge on any atom is 0.412 e. The summed E-state index contributed by atoms with van der Waals surface area (Å²) in [4.78, 5) is 16.5. The Labute approximate surface area is 162 Å². The molecule has 28 heavy (non-hydrogen) atoms. The van der Waals surface area contributed by atoms with Gasteiger partial charge in [0.25, 0.3) is 0 Å². The molecule has 0 bridgehead atoms. The number of hydrogen-bond donors (Lipinski definition) is 1. The molecule has 0 aliphatic heterocycles. The second kappa shape index (κ2) is 6.74. The van der Waals surface area contributed by atoms with Gasteiger partial charge in [-0.05, 0) is 54.9 Å². The van der Waals surface area contributed by atoms with Gasteiger partial charge in [-0.15, -0.1) is 10.2 Å². The molecule has 0 atom stereocenters. The number of amides is 1. The molecule has 5 rings (SSSR count). The highest BCUT2D eigenvalue weighted by atomic mass is 16.6. The van der Waals surface area contributed by atoms with Crippen molar-refractivity contribution in [2.24, 2.45) is 5.41 Å². The van der Waals surface area contributed by atoms with Crippen molar-refractivity contribution >= 4 is 6.09 Å². The Morgan fingerprint density at radius 1 is 1.14 bits per heavy atom. The molecule has 7 heteroatoms. The minimum absolute atomic E-state index is 0.242. The quantitative estimate of drug-likeness (QED) is 0.733. The molecule has 1 amide bonds. The number of hydrogen-bond acceptors (Lipinski definition) is 6. The van der Waals surface area contributed by atoms with E-state index in [4.69, 9.17) is 9.15 Å². The molecule has 2 aliphatic rings. The Morgan fingerprint density at radius 2 is 2.00 bits per heavy atom. The number of carbonyl (C=O) groups excluding carboxylic acids is 1. The summed E-state index contributed by atoms with van der Waals surface area (Å²) in [6.45, 7) is 0. The van der Waals surface area contributed by atoms with Crippen LogP contribution >= 0.6 is 0 Å². The van der Waals surface area contributed by atoms with Crippen LogP contribution in [-0.2, 0) is 0 Å². The Morgan fingerprint density at radius 3 is 2.75 bits per heavy atom. The second-order valence-corrected chi connectivity index (χ2v) is 7.73. The Bertz CT molecular complexity index is 990. The zero-order valence-corrected chi connectivity index (χ0v) is 15.3. The van der Waals surface area contributed by atoms with Crippen LogP contribution < -0.4 is 10.1 Å². The van der Waals surface area contributed by atoms with Crippen LogP contribution in [0.3, 0.4) is 0 Å². The van der Waals surface area contributed by atoms with Crippen LogP contribution in [0.25, 0.3) is 22.6 Å². The Kier molecular flexibility index (Phi) is 4.07. The van der Waals surface area contributed by atoms with E-state index in [9.17, 15) is 4.79 Å². The fourth-order valence-electron chi connectivity index (χ4n) is 4.23. The van der Waals surface area contributed by atoms with Crippen molar-refractivity contribution in [3.05, 3.63) is 49.1 Å². The van der Waals surface area contributed by atoms with Crippen molar-refractivity contribution in [1.82, 2.24) is 20.5 Å². The van der Waals surface area contributed by atoms with Crippen LogP contribution in [0.2, 0.25) is 0 Å². The zero-order chi connectivity index (χ0) is 19.0. The Hall–Kier alpha value is -3.22. The van der Waals surface area contributed by atoms with Gasteiger partial charge in [0, 0.05) is 24.0 Å². The van der Waals surface area contributed by atoms with Gasteiger partial charge in [-0.3, -0.25) is 4.98 Å². The fourth-order valence-corrected chi connectivity index (χ4v) is 4.23. The normalized spacial score (nSPS) is 17.6. The van der Waals surface area contributed by atoms with E-state index in [1.165, 1.54) is 25.7 Å². The molecule has 2 aliphatic carbocycles. The molecule has 2 aromatic heterocycles. The lowest BCUT2D eigenvalue weighted by molar-refractivity contribution is 0.000226. The average molecular weight is 376 g/mol. The van der Waals surface area contributed by atoms with E-state index in [0.717, 1.165) is 29.5 Å². The first-order valence-electron chi connectivity index (χ1n) is 9.50. The zero-order valence-electron chi connectivity index (χ0n) is 15.3. The SMILES string of the molecule is O=C(NC1CC2(CCC2)C1)Oc1cccc(-c2cncc(-c3nnco3)c2)c1. The van der Waals surface area contributed by atoms with Gasteiger partial charge < -0.3 is 14.5 Å². The van der Waals surface area contributed by atoms with Gasteiger partial charge in [-0.2, -0.15) is 0 Å². The third-order valence-corrected chi connectivity index (χ3v) is 5.82. The van der Waals surface area contributed by atoms with Crippen LogP contribution in [-0.4, -0.2) is 27.3 Å². The summed E-state index contributed by atoms with van der Waals surface area (Å²) in [5.41, 5.74) is 3.01. The number of rotatable bonds is 4. The summed E-state index contributed by atoms with van der Waals surface area (Å²) in [5, 5.41) is 10.6. The van der Waals surface area contributed by atoms with E-state index in [2.05, 4.69) is 20.5 Å². The monoisotopic (exact) mass is 376 g/mol. The third kappa shape index (κ3) is 3.24. The van der Waals surface area contributed by atoms with Gasteiger partial charge in [0.1, 0.15) is 5.75 Å². The molecule has 0 radical (unpaired) electrons. The highest BCUT2D eigenvalue weighted by Crippen LogP contribution is 2.55. The Balaban J connectivity index is 1.26. The summed E-state index contributed by atoms with van der Waals surface area (Å²) in [6, 6.07) is 9.53. The van der Waals surface area contributed by atoms with Crippen LogP contribution in [0.1, 0.15) is 32.1 Å². The predicted molar refractivity (Wildman–Crippen MR) is 101 cm³/mol. The minimum atomic E-state index is -0.394.